The van der Waals surface area contributed by atoms with Crippen LogP contribution in [0.1, 0.15) is 0 Å². The standard InChI is InChI=1S/C24H20N14O4/c1-41-13-7-9(3-5-11(13)35-37-23-27-15-17(31-23)29-21(25)33-19(15)39)10-4-6-12(14(8-10)42-2)36-38-24-28-16-18(32-24)30-22(26)34-20(16)40/h3-8,15,35H,1-2H3,(H2,26,34,40)(H4,25,27,29,31,33,37,39). The van der Waals surface area contributed by atoms with E-state index in [2.05, 4.69) is 61.3 Å². The highest BCUT2D eigenvalue weighted by Gasteiger charge is 2.33. The summed E-state index contributed by atoms with van der Waals surface area (Å²) >= 11 is 0. The molecule has 2 aromatic rings. The molecule has 2 aromatic carbocycles. The predicted molar refractivity (Wildman–Crippen MR) is 154 cm³/mol. The average molecular weight is 569 g/mol. The van der Waals surface area contributed by atoms with Crippen LogP contribution in [0.4, 0.5) is 11.4 Å². The van der Waals surface area contributed by atoms with E-state index in [0.717, 1.165) is 11.1 Å². The number of nitrogens with two attached hydrogens (primary N) is 2. The average Bonchev–Trinajstić information content (AvgIpc) is 3.59. The minimum Gasteiger partial charge on any atom is -0.494 e. The summed E-state index contributed by atoms with van der Waals surface area (Å²) in [5.41, 5.74) is 19.5. The van der Waals surface area contributed by atoms with Crippen LogP contribution in [0.15, 0.2) is 81.6 Å². The van der Waals surface area contributed by atoms with Crippen molar-refractivity contribution >= 4 is 64.4 Å². The van der Waals surface area contributed by atoms with Gasteiger partial charge in [-0.3, -0.25) is 20.4 Å². The highest BCUT2D eigenvalue weighted by molar-refractivity contribution is 6.71. The van der Waals surface area contributed by atoms with Crippen molar-refractivity contribution in [3.8, 4) is 22.6 Å². The first-order valence-electron chi connectivity index (χ1n) is 12.1. The quantitative estimate of drug-likeness (QED) is 0.232. The number of hydrogen-bond acceptors (Lipinski definition) is 16. The zero-order valence-electron chi connectivity index (χ0n) is 21.9. The maximum Gasteiger partial charge on any atom is 0.302 e. The highest BCUT2D eigenvalue weighted by Crippen LogP contribution is 2.36. The van der Waals surface area contributed by atoms with Gasteiger partial charge in [-0.1, -0.05) is 12.1 Å². The number of nitrogens with zero attached hydrogens (tertiary/aromatic N) is 9. The van der Waals surface area contributed by atoms with Crippen molar-refractivity contribution in [1.82, 2.24) is 10.7 Å². The van der Waals surface area contributed by atoms with Gasteiger partial charge in [0.1, 0.15) is 23.0 Å². The monoisotopic (exact) mass is 568 g/mol. The van der Waals surface area contributed by atoms with Gasteiger partial charge in [0, 0.05) is 0 Å². The molecule has 18 heteroatoms. The number of nitrogens with one attached hydrogen (secondary N) is 3. The Morgan fingerprint density at radius 1 is 0.857 bits per heavy atom. The molecule has 7 N–H and O–H groups in total. The van der Waals surface area contributed by atoms with E-state index < -0.39 is 17.9 Å². The molecular formula is C24H20N14O4. The summed E-state index contributed by atoms with van der Waals surface area (Å²) in [5, 5.41) is 10.9. The lowest BCUT2D eigenvalue weighted by atomic mass is 10.0. The fraction of sp³-hybridized carbons (Fsp3) is 0.125. The molecule has 4 aliphatic rings. The van der Waals surface area contributed by atoms with Gasteiger partial charge in [0.2, 0.25) is 17.9 Å². The van der Waals surface area contributed by atoms with Gasteiger partial charge in [0.25, 0.3) is 11.9 Å². The van der Waals surface area contributed by atoms with E-state index in [1.165, 1.54) is 14.2 Å². The Morgan fingerprint density at radius 3 is 2.40 bits per heavy atom. The lowest BCUT2D eigenvalue weighted by molar-refractivity contribution is -0.117. The Morgan fingerprint density at radius 2 is 1.62 bits per heavy atom. The van der Waals surface area contributed by atoms with Crippen molar-refractivity contribution in [3.05, 3.63) is 36.4 Å². The van der Waals surface area contributed by atoms with Crippen LogP contribution < -0.4 is 37.1 Å². The lowest BCUT2D eigenvalue weighted by Gasteiger charge is -2.14. The lowest BCUT2D eigenvalue weighted by Crippen LogP contribution is -2.48. The van der Waals surface area contributed by atoms with Crippen molar-refractivity contribution < 1.29 is 19.1 Å². The fourth-order valence-electron chi connectivity index (χ4n) is 4.07. The van der Waals surface area contributed by atoms with Crippen LogP contribution >= 0.6 is 0 Å². The first-order valence-corrected chi connectivity index (χ1v) is 12.1. The summed E-state index contributed by atoms with van der Waals surface area (Å²) in [6.45, 7) is 0. The van der Waals surface area contributed by atoms with Crippen LogP contribution in [0.3, 0.4) is 0 Å². The van der Waals surface area contributed by atoms with E-state index >= 15 is 0 Å². The maximum atomic E-state index is 12.0. The number of amides is 2. The van der Waals surface area contributed by atoms with Crippen molar-refractivity contribution in [2.24, 2.45) is 56.6 Å². The first-order chi connectivity index (χ1) is 20.3. The van der Waals surface area contributed by atoms with Gasteiger partial charge >= 0.3 is 5.91 Å². The van der Waals surface area contributed by atoms with Gasteiger partial charge < -0.3 is 26.3 Å². The summed E-state index contributed by atoms with van der Waals surface area (Å²) in [6, 6.07) is 9.92. The van der Waals surface area contributed by atoms with Crippen LogP contribution in [0.5, 0.6) is 11.5 Å². The number of anilines is 1. The van der Waals surface area contributed by atoms with E-state index in [-0.39, 0.29) is 35.4 Å². The summed E-state index contributed by atoms with van der Waals surface area (Å²) in [6.07, 6.45) is 0. The van der Waals surface area contributed by atoms with Crippen LogP contribution in [-0.4, -0.2) is 73.3 Å². The van der Waals surface area contributed by atoms with Gasteiger partial charge in [-0.2, -0.15) is 25.0 Å². The molecule has 0 spiro atoms. The van der Waals surface area contributed by atoms with Crippen LogP contribution in [0.2, 0.25) is 0 Å². The van der Waals surface area contributed by atoms with E-state index in [0.29, 0.717) is 28.7 Å². The molecule has 1 unspecified atom stereocenters. The molecule has 4 heterocycles. The number of aliphatic imine (C=N–C) groups is 7. The molecule has 0 saturated heterocycles. The molecule has 210 valence electrons. The van der Waals surface area contributed by atoms with Crippen molar-refractivity contribution in [2.45, 2.75) is 6.04 Å². The number of benzene rings is 2. The third-order valence-corrected chi connectivity index (χ3v) is 6.00. The van der Waals surface area contributed by atoms with Crippen molar-refractivity contribution in [3.63, 3.8) is 0 Å². The molecule has 6 rings (SSSR count). The largest absolute Gasteiger partial charge is 0.494 e. The number of guanidine groups is 4. The molecule has 0 radical (unpaired) electrons. The molecule has 4 aliphatic heterocycles. The van der Waals surface area contributed by atoms with Gasteiger partial charge in [-0.05, 0) is 35.4 Å². The summed E-state index contributed by atoms with van der Waals surface area (Å²) in [4.78, 5) is 51.5. The first kappa shape index (κ1) is 25.9. The number of fused-ring (bicyclic) bond motifs is 2. The van der Waals surface area contributed by atoms with Gasteiger partial charge in [0.05, 0.1) is 19.9 Å². The second kappa shape index (κ2) is 10.3. The molecule has 18 nitrogen and oxygen atoms in total. The van der Waals surface area contributed by atoms with E-state index in [1.807, 2.05) is 18.2 Å². The molecular weight excluding hydrogens is 548 g/mol. The molecule has 0 bridgehead atoms. The van der Waals surface area contributed by atoms with Crippen molar-refractivity contribution in [2.75, 3.05) is 19.6 Å². The zero-order chi connectivity index (χ0) is 29.4. The number of carbonyl (C=O) groups is 2. The number of methoxy groups -OCH3 is 2. The molecule has 0 aliphatic carbocycles. The van der Waals surface area contributed by atoms with Crippen LogP contribution in [0, 0.1) is 0 Å². The molecule has 0 aromatic heterocycles. The minimum atomic E-state index is -0.862. The van der Waals surface area contributed by atoms with Crippen LogP contribution in [0.25, 0.3) is 11.1 Å². The Kier molecular flexibility index (Phi) is 6.38. The van der Waals surface area contributed by atoms with Gasteiger partial charge in [-0.15, -0.1) is 10.2 Å². The Labute approximate surface area is 235 Å². The number of rotatable bonds is 6. The normalized spacial score (nSPS) is 18.9. The highest BCUT2D eigenvalue weighted by atomic mass is 16.5. The summed E-state index contributed by atoms with van der Waals surface area (Å²) < 4.78 is 11.1. The zero-order valence-corrected chi connectivity index (χ0v) is 21.9. The topological polar surface area (TPSA) is 252 Å². The number of carbonyl (C=O) groups excluding carboxylic acids is 2. The summed E-state index contributed by atoms with van der Waals surface area (Å²) in [5.74, 6) is 0.00338. The number of hydrazine groups is 1. The Bertz CT molecular complexity index is 1800. The predicted octanol–water partition coefficient (Wildman–Crippen LogP) is 0.0162. The third kappa shape index (κ3) is 4.90. The molecule has 1 atom stereocenters. The Hall–Kier alpha value is -6.33. The third-order valence-electron chi connectivity index (χ3n) is 6.00. The SMILES string of the molecule is COc1cc(-c2ccc(NNC3=NC4C(=O)N=C(N)NC4=N3)c(OC)c2)ccc1N=NC1=NC2=NC(N)=NC(=O)C2=N1. The molecule has 2 amide bonds. The van der Waals surface area contributed by atoms with Gasteiger partial charge in [-0.25, -0.2) is 9.98 Å². The van der Waals surface area contributed by atoms with Gasteiger partial charge in [0.15, 0.2) is 17.6 Å². The molecule has 0 saturated carbocycles. The number of amidine groups is 2. The second-order valence-corrected chi connectivity index (χ2v) is 8.65. The van der Waals surface area contributed by atoms with E-state index in [9.17, 15) is 9.59 Å². The smallest absolute Gasteiger partial charge is 0.302 e. The number of hydrogen-bond donors (Lipinski definition) is 5. The molecule has 0 fully saturated rings. The molecule has 42 heavy (non-hydrogen) atoms. The maximum absolute atomic E-state index is 12.0. The minimum absolute atomic E-state index is 0.0330. The van der Waals surface area contributed by atoms with E-state index in [4.69, 9.17) is 20.9 Å². The van der Waals surface area contributed by atoms with Crippen LogP contribution in [-0.2, 0) is 9.59 Å². The summed E-state index contributed by atoms with van der Waals surface area (Å²) in [7, 11) is 3.03. The number of azo groups is 1. The van der Waals surface area contributed by atoms with E-state index in [1.54, 1.807) is 18.2 Å². The van der Waals surface area contributed by atoms with Crippen molar-refractivity contribution in [1.29, 1.82) is 0 Å². The second-order valence-electron chi connectivity index (χ2n) is 8.65. The fourth-order valence-corrected chi connectivity index (χ4v) is 4.07. The number of ether oxygens (including phenoxy) is 2. The Balaban J connectivity index is 1.17.